The summed E-state index contributed by atoms with van der Waals surface area (Å²) in [7, 11) is 3.60. The molecular formula is C10H20O2. The highest BCUT2D eigenvalue weighted by molar-refractivity contribution is 4.75. The minimum atomic E-state index is 0.494. The standard InChI is InChI=1S/C10H20O2/c1-11-8-7-9-5-3-4-6-10(9)12-2/h9-10H,3-8H2,1-2H3. The molecule has 0 aromatic carbocycles. The van der Waals surface area contributed by atoms with Crippen LogP contribution in [0.2, 0.25) is 0 Å². The van der Waals surface area contributed by atoms with Crippen LogP contribution in [0.4, 0.5) is 0 Å². The molecule has 12 heavy (non-hydrogen) atoms. The van der Waals surface area contributed by atoms with Crippen molar-refractivity contribution in [3.8, 4) is 0 Å². The third kappa shape index (κ3) is 2.76. The Morgan fingerprint density at radius 1 is 1.17 bits per heavy atom. The minimum Gasteiger partial charge on any atom is -0.385 e. The molecule has 0 aliphatic heterocycles. The van der Waals surface area contributed by atoms with Crippen LogP contribution in [0.5, 0.6) is 0 Å². The van der Waals surface area contributed by atoms with Gasteiger partial charge in [0, 0.05) is 20.8 Å². The Kier molecular flexibility index (Phi) is 4.62. The summed E-state index contributed by atoms with van der Waals surface area (Å²) >= 11 is 0. The normalized spacial score (nSPS) is 30.5. The molecule has 0 bridgehead atoms. The molecule has 1 rings (SSSR count). The fraction of sp³-hybridized carbons (Fsp3) is 1.00. The third-order valence-corrected chi connectivity index (χ3v) is 2.83. The molecule has 2 atom stereocenters. The summed E-state index contributed by atoms with van der Waals surface area (Å²) in [4.78, 5) is 0. The highest BCUT2D eigenvalue weighted by Gasteiger charge is 2.23. The van der Waals surface area contributed by atoms with Gasteiger partial charge >= 0.3 is 0 Å². The van der Waals surface area contributed by atoms with Gasteiger partial charge < -0.3 is 9.47 Å². The first kappa shape index (κ1) is 10.0. The van der Waals surface area contributed by atoms with E-state index in [1.165, 1.54) is 25.7 Å². The topological polar surface area (TPSA) is 18.5 Å². The Morgan fingerprint density at radius 3 is 2.58 bits per heavy atom. The fourth-order valence-corrected chi connectivity index (χ4v) is 2.08. The van der Waals surface area contributed by atoms with Crippen molar-refractivity contribution in [2.45, 2.75) is 38.2 Å². The van der Waals surface area contributed by atoms with Crippen LogP contribution in [-0.2, 0) is 9.47 Å². The van der Waals surface area contributed by atoms with Crippen LogP contribution >= 0.6 is 0 Å². The molecule has 1 fully saturated rings. The second-order valence-corrected chi connectivity index (χ2v) is 3.60. The second kappa shape index (κ2) is 5.55. The van der Waals surface area contributed by atoms with Crippen molar-refractivity contribution in [2.24, 2.45) is 5.92 Å². The summed E-state index contributed by atoms with van der Waals surface area (Å²) < 4.78 is 10.5. The molecular weight excluding hydrogens is 152 g/mol. The first-order valence-electron chi connectivity index (χ1n) is 4.90. The number of rotatable bonds is 4. The maximum Gasteiger partial charge on any atom is 0.0600 e. The van der Waals surface area contributed by atoms with Gasteiger partial charge in [0.25, 0.3) is 0 Å². The molecule has 2 heteroatoms. The Morgan fingerprint density at radius 2 is 1.92 bits per heavy atom. The van der Waals surface area contributed by atoms with E-state index in [1.54, 1.807) is 7.11 Å². The number of hydrogen-bond donors (Lipinski definition) is 0. The Balaban J connectivity index is 2.26. The minimum absolute atomic E-state index is 0.494. The van der Waals surface area contributed by atoms with Crippen molar-refractivity contribution in [1.82, 2.24) is 0 Å². The van der Waals surface area contributed by atoms with Crippen LogP contribution in [0.3, 0.4) is 0 Å². The molecule has 72 valence electrons. The average molecular weight is 172 g/mol. The van der Waals surface area contributed by atoms with E-state index in [9.17, 15) is 0 Å². The van der Waals surface area contributed by atoms with Gasteiger partial charge in [0.2, 0.25) is 0 Å². The Bertz CT molecular complexity index is 114. The summed E-state index contributed by atoms with van der Waals surface area (Å²) in [6, 6.07) is 0. The Labute approximate surface area is 75.2 Å². The van der Waals surface area contributed by atoms with Crippen LogP contribution in [0.15, 0.2) is 0 Å². The lowest BCUT2D eigenvalue weighted by molar-refractivity contribution is 0.0107. The van der Waals surface area contributed by atoms with Crippen LogP contribution in [0.25, 0.3) is 0 Å². The van der Waals surface area contributed by atoms with E-state index in [4.69, 9.17) is 9.47 Å². The van der Waals surface area contributed by atoms with Crippen LogP contribution < -0.4 is 0 Å². The second-order valence-electron chi connectivity index (χ2n) is 3.60. The molecule has 0 saturated heterocycles. The quantitative estimate of drug-likeness (QED) is 0.647. The molecule has 1 aliphatic rings. The lowest BCUT2D eigenvalue weighted by atomic mass is 9.84. The van der Waals surface area contributed by atoms with Crippen molar-refractivity contribution in [3.63, 3.8) is 0 Å². The van der Waals surface area contributed by atoms with Gasteiger partial charge in [-0.15, -0.1) is 0 Å². The molecule has 0 aromatic rings. The van der Waals surface area contributed by atoms with E-state index in [-0.39, 0.29) is 0 Å². The average Bonchev–Trinajstić information content (AvgIpc) is 2.15. The molecule has 0 radical (unpaired) electrons. The number of hydrogen-bond acceptors (Lipinski definition) is 2. The lowest BCUT2D eigenvalue weighted by Crippen LogP contribution is -2.27. The molecule has 2 unspecified atom stereocenters. The monoisotopic (exact) mass is 172 g/mol. The molecule has 0 N–H and O–H groups in total. The van der Waals surface area contributed by atoms with E-state index in [0.717, 1.165) is 18.9 Å². The van der Waals surface area contributed by atoms with E-state index < -0.39 is 0 Å². The van der Waals surface area contributed by atoms with Gasteiger partial charge in [-0.2, -0.15) is 0 Å². The number of methoxy groups -OCH3 is 2. The molecule has 0 aromatic heterocycles. The van der Waals surface area contributed by atoms with Crippen LogP contribution in [0, 0.1) is 5.92 Å². The molecule has 0 amide bonds. The first-order valence-corrected chi connectivity index (χ1v) is 4.90. The maximum atomic E-state index is 5.45. The van der Waals surface area contributed by atoms with E-state index in [2.05, 4.69) is 0 Å². The predicted octanol–water partition coefficient (Wildman–Crippen LogP) is 2.23. The van der Waals surface area contributed by atoms with Gasteiger partial charge in [-0.1, -0.05) is 12.8 Å². The molecule has 1 aliphatic carbocycles. The maximum absolute atomic E-state index is 5.45. The third-order valence-electron chi connectivity index (χ3n) is 2.83. The van der Waals surface area contributed by atoms with Crippen molar-refractivity contribution in [2.75, 3.05) is 20.8 Å². The first-order chi connectivity index (χ1) is 5.88. The SMILES string of the molecule is COCCC1CCCCC1OC. The molecule has 0 spiro atoms. The zero-order valence-corrected chi connectivity index (χ0v) is 8.21. The van der Waals surface area contributed by atoms with Crippen molar-refractivity contribution in [3.05, 3.63) is 0 Å². The van der Waals surface area contributed by atoms with Gasteiger partial charge in [-0.3, -0.25) is 0 Å². The van der Waals surface area contributed by atoms with Gasteiger partial charge in [-0.25, -0.2) is 0 Å². The van der Waals surface area contributed by atoms with Gasteiger partial charge in [-0.05, 0) is 25.2 Å². The highest BCUT2D eigenvalue weighted by atomic mass is 16.5. The Hall–Kier alpha value is -0.0800. The van der Waals surface area contributed by atoms with Crippen molar-refractivity contribution in [1.29, 1.82) is 0 Å². The number of ether oxygens (including phenoxy) is 2. The van der Waals surface area contributed by atoms with Crippen molar-refractivity contribution < 1.29 is 9.47 Å². The lowest BCUT2D eigenvalue weighted by Gasteiger charge is -2.30. The molecule has 2 nitrogen and oxygen atoms in total. The summed E-state index contributed by atoms with van der Waals surface area (Å²) in [5.74, 6) is 0.740. The highest BCUT2D eigenvalue weighted by Crippen LogP contribution is 2.28. The summed E-state index contributed by atoms with van der Waals surface area (Å²) in [5.41, 5.74) is 0. The van der Waals surface area contributed by atoms with Crippen LogP contribution in [0.1, 0.15) is 32.1 Å². The summed E-state index contributed by atoms with van der Waals surface area (Å²) in [6.45, 7) is 0.879. The van der Waals surface area contributed by atoms with E-state index in [1.807, 2.05) is 7.11 Å². The van der Waals surface area contributed by atoms with E-state index in [0.29, 0.717) is 6.10 Å². The molecule has 0 heterocycles. The zero-order valence-electron chi connectivity index (χ0n) is 8.21. The predicted molar refractivity (Wildman–Crippen MR) is 49.2 cm³/mol. The van der Waals surface area contributed by atoms with Crippen LogP contribution in [-0.4, -0.2) is 26.9 Å². The van der Waals surface area contributed by atoms with Crippen molar-refractivity contribution >= 4 is 0 Å². The zero-order chi connectivity index (χ0) is 8.81. The van der Waals surface area contributed by atoms with E-state index >= 15 is 0 Å². The van der Waals surface area contributed by atoms with Gasteiger partial charge in [0.1, 0.15) is 0 Å². The fourth-order valence-electron chi connectivity index (χ4n) is 2.08. The molecule has 1 saturated carbocycles. The summed E-state index contributed by atoms with van der Waals surface area (Å²) in [5, 5.41) is 0. The largest absolute Gasteiger partial charge is 0.385 e. The smallest absolute Gasteiger partial charge is 0.0600 e. The summed E-state index contributed by atoms with van der Waals surface area (Å²) in [6.07, 6.45) is 6.92. The van der Waals surface area contributed by atoms with Gasteiger partial charge in [0.05, 0.1) is 6.10 Å². The van der Waals surface area contributed by atoms with Gasteiger partial charge in [0.15, 0.2) is 0 Å².